The normalized spacial score (nSPS) is 15.2. The second-order valence-electron chi connectivity index (χ2n) is 8.06. The van der Waals surface area contributed by atoms with Crippen molar-refractivity contribution in [2.45, 2.75) is 51.4 Å². The van der Waals surface area contributed by atoms with Gasteiger partial charge < -0.3 is 25.0 Å². The minimum atomic E-state index is -1.83. The average Bonchev–Trinajstić information content (AvgIpc) is 3.37. The first-order chi connectivity index (χ1) is 15.9. The summed E-state index contributed by atoms with van der Waals surface area (Å²) in [5.74, 6) is 3.94. The summed E-state index contributed by atoms with van der Waals surface area (Å²) >= 11 is 8.27. The van der Waals surface area contributed by atoms with Gasteiger partial charge >= 0.3 is 6.16 Å². The molecule has 1 aliphatic heterocycles. The first-order valence-corrected chi connectivity index (χ1v) is 12.1. The van der Waals surface area contributed by atoms with Crippen molar-refractivity contribution >= 4 is 45.1 Å². The van der Waals surface area contributed by atoms with E-state index in [-0.39, 0.29) is 0 Å². The van der Waals surface area contributed by atoms with Gasteiger partial charge in [0, 0.05) is 17.3 Å². The van der Waals surface area contributed by atoms with Crippen LogP contribution in [0, 0.1) is 6.92 Å². The van der Waals surface area contributed by atoms with E-state index in [1.807, 2.05) is 13.0 Å². The second-order valence-corrected chi connectivity index (χ2v) is 9.65. The summed E-state index contributed by atoms with van der Waals surface area (Å²) in [6, 6.07) is 6.11. The van der Waals surface area contributed by atoms with Crippen LogP contribution in [0.25, 0.3) is 10.2 Å². The second kappa shape index (κ2) is 10.4. The van der Waals surface area contributed by atoms with Gasteiger partial charge in [-0.2, -0.15) is 0 Å². The molecule has 0 radical (unpaired) electrons. The third kappa shape index (κ3) is 5.59. The zero-order valence-electron chi connectivity index (χ0n) is 18.3. The van der Waals surface area contributed by atoms with Crippen molar-refractivity contribution in [3.05, 3.63) is 39.5 Å². The fraction of sp³-hybridized carbons (Fsp3) is 0.435. The standard InChI is InChI=1S/C22H24ClN3O2S.CH2O3/c1-13-19(23)18-21(24-10-9-14-7-8-16-17(11-14)28-12-27-16)25-20(26-22(18)29-13)15-5-3-2-4-6-15;2-1(3)4/h7-8,11,15H,2-6,9-10,12H2,1H3,(H,24,25,26);(H2,2,3,4). The number of nitrogens with one attached hydrogen (secondary N) is 1. The van der Waals surface area contributed by atoms with Gasteiger partial charge in [0.2, 0.25) is 6.79 Å². The van der Waals surface area contributed by atoms with E-state index >= 15 is 0 Å². The predicted molar refractivity (Wildman–Crippen MR) is 128 cm³/mol. The third-order valence-corrected chi connectivity index (χ3v) is 7.37. The number of thiophene rings is 1. The lowest BCUT2D eigenvalue weighted by atomic mass is 9.88. The maximum Gasteiger partial charge on any atom is 0.503 e. The zero-order chi connectivity index (χ0) is 23.4. The van der Waals surface area contributed by atoms with Crippen molar-refractivity contribution in [1.82, 2.24) is 9.97 Å². The van der Waals surface area contributed by atoms with E-state index in [9.17, 15) is 0 Å². The molecule has 0 amide bonds. The maximum atomic E-state index is 8.56. The number of anilines is 1. The first kappa shape index (κ1) is 23.4. The highest BCUT2D eigenvalue weighted by molar-refractivity contribution is 7.19. The molecule has 0 saturated heterocycles. The molecule has 1 aliphatic carbocycles. The molecule has 2 aliphatic rings. The van der Waals surface area contributed by atoms with E-state index in [2.05, 4.69) is 17.4 Å². The molecule has 3 aromatic rings. The quantitative estimate of drug-likeness (QED) is 0.380. The van der Waals surface area contributed by atoms with Crippen molar-refractivity contribution < 1.29 is 24.5 Å². The highest BCUT2D eigenvalue weighted by atomic mass is 35.5. The summed E-state index contributed by atoms with van der Waals surface area (Å²) in [4.78, 5) is 20.5. The molecule has 0 unspecified atom stereocenters. The Balaban J connectivity index is 0.000000601. The van der Waals surface area contributed by atoms with Gasteiger partial charge in [-0.3, -0.25) is 0 Å². The van der Waals surface area contributed by atoms with Crippen molar-refractivity contribution in [2.75, 3.05) is 18.7 Å². The number of benzene rings is 1. The van der Waals surface area contributed by atoms with Crippen LogP contribution in [0.4, 0.5) is 10.6 Å². The lowest BCUT2D eigenvalue weighted by Crippen LogP contribution is -2.12. The van der Waals surface area contributed by atoms with Crippen LogP contribution in [0.5, 0.6) is 11.5 Å². The van der Waals surface area contributed by atoms with E-state index in [4.69, 9.17) is 46.1 Å². The average molecular weight is 492 g/mol. The number of hydrogen-bond acceptors (Lipinski definition) is 7. The van der Waals surface area contributed by atoms with Crippen LogP contribution in [-0.2, 0) is 6.42 Å². The fourth-order valence-corrected chi connectivity index (χ4v) is 5.46. The maximum absolute atomic E-state index is 8.56. The van der Waals surface area contributed by atoms with Crippen LogP contribution in [0.3, 0.4) is 0 Å². The van der Waals surface area contributed by atoms with Crippen LogP contribution in [0.1, 0.15) is 54.3 Å². The van der Waals surface area contributed by atoms with Crippen molar-refractivity contribution in [1.29, 1.82) is 0 Å². The molecule has 8 nitrogen and oxygen atoms in total. The molecule has 10 heteroatoms. The Kier molecular flexibility index (Phi) is 7.39. The van der Waals surface area contributed by atoms with Crippen LogP contribution in [-0.4, -0.2) is 39.7 Å². The molecule has 2 aromatic heterocycles. The van der Waals surface area contributed by atoms with Crippen LogP contribution >= 0.6 is 22.9 Å². The number of hydrogen-bond donors (Lipinski definition) is 3. The summed E-state index contributed by atoms with van der Waals surface area (Å²) < 4.78 is 10.9. The number of fused-ring (bicyclic) bond motifs is 2. The molecule has 1 saturated carbocycles. The number of nitrogens with zero attached hydrogens (tertiary/aromatic N) is 2. The van der Waals surface area contributed by atoms with E-state index < -0.39 is 6.16 Å². The Labute approximate surface area is 200 Å². The van der Waals surface area contributed by atoms with Gasteiger partial charge in [-0.25, -0.2) is 14.8 Å². The highest BCUT2D eigenvalue weighted by Gasteiger charge is 2.22. The van der Waals surface area contributed by atoms with Gasteiger partial charge in [-0.15, -0.1) is 11.3 Å². The van der Waals surface area contributed by atoms with Gasteiger partial charge in [-0.1, -0.05) is 36.9 Å². The van der Waals surface area contributed by atoms with E-state index in [0.717, 1.165) is 56.2 Å². The number of carbonyl (C=O) groups is 1. The number of rotatable bonds is 5. The van der Waals surface area contributed by atoms with E-state index in [0.29, 0.717) is 12.7 Å². The Morgan fingerprint density at radius 2 is 1.91 bits per heavy atom. The molecule has 0 spiro atoms. The topological polar surface area (TPSA) is 114 Å². The van der Waals surface area contributed by atoms with Gasteiger partial charge in [0.25, 0.3) is 0 Å². The lowest BCUT2D eigenvalue weighted by Gasteiger charge is -2.21. The Bertz CT molecular complexity index is 1140. The van der Waals surface area contributed by atoms with Gasteiger partial charge in [0.15, 0.2) is 11.5 Å². The minimum Gasteiger partial charge on any atom is -0.454 e. The molecule has 1 aromatic carbocycles. The fourth-order valence-electron chi connectivity index (χ4n) is 4.19. The van der Waals surface area contributed by atoms with Crippen molar-refractivity contribution in [3.63, 3.8) is 0 Å². The molecule has 0 bridgehead atoms. The summed E-state index contributed by atoms with van der Waals surface area (Å²) in [6.45, 7) is 3.11. The number of carboxylic acid groups (broad SMARTS) is 2. The van der Waals surface area contributed by atoms with Crippen LogP contribution in [0.2, 0.25) is 5.02 Å². The number of aromatic nitrogens is 2. The Morgan fingerprint density at radius 1 is 1.18 bits per heavy atom. The molecule has 3 heterocycles. The summed E-state index contributed by atoms with van der Waals surface area (Å²) in [7, 11) is 0. The van der Waals surface area contributed by atoms with Crippen LogP contribution in [0.15, 0.2) is 18.2 Å². The Hall–Kier alpha value is -2.78. The lowest BCUT2D eigenvalue weighted by molar-refractivity contribution is 0.137. The molecule has 33 heavy (non-hydrogen) atoms. The molecule has 5 rings (SSSR count). The predicted octanol–water partition coefficient (Wildman–Crippen LogP) is 6.31. The molecular formula is C23H26ClN3O5S. The van der Waals surface area contributed by atoms with Crippen molar-refractivity contribution in [2.24, 2.45) is 0 Å². The smallest absolute Gasteiger partial charge is 0.454 e. The zero-order valence-corrected chi connectivity index (χ0v) is 19.8. The Morgan fingerprint density at radius 3 is 2.67 bits per heavy atom. The van der Waals surface area contributed by atoms with Crippen molar-refractivity contribution in [3.8, 4) is 11.5 Å². The largest absolute Gasteiger partial charge is 0.503 e. The summed E-state index contributed by atoms with van der Waals surface area (Å²) in [5.41, 5.74) is 1.20. The number of ether oxygens (including phenoxy) is 2. The van der Waals surface area contributed by atoms with Gasteiger partial charge in [-0.05, 0) is 43.9 Å². The third-order valence-electron chi connectivity index (χ3n) is 5.78. The van der Waals surface area contributed by atoms with E-state index in [1.54, 1.807) is 11.3 Å². The molecule has 1 fully saturated rings. The monoisotopic (exact) mass is 491 g/mol. The summed E-state index contributed by atoms with van der Waals surface area (Å²) in [6.07, 6.45) is 5.25. The van der Waals surface area contributed by atoms with E-state index in [1.165, 1.54) is 37.7 Å². The number of halogens is 1. The molecular weight excluding hydrogens is 466 g/mol. The van der Waals surface area contributed by atoms with Gasteiger partial charge in [0.05, 0.1) is 10.4 Å². The number of aryl methyl sites for hydroxylation is 1. The molecule has 3 N–H and O–H groups in total. The highest BCUT2D eigenvalue weighted by Crippen LogP contribution is 2.40. The first-order valence-electron chi connectivity index (χ1n) is 10.9. The molecule has 176 valence electrons. The van der Waals surface area contributed by atoms with Gasteiger partial charge in [0.1, 0.15) is 16.5 Å². The minimum absolute atomic E-state index is 0.301. The molecule has 0 atom stereocenters. The summed E-state index contributed by atoms with van der Waals surface area (Å²) in [5, 5.41) is 19.2. The SMILES string of the molecule is Cc1sc2nc(C3CCCCC3)nc(NCCc3ccc4c(c3)OCO4)c2c1Cl.O=C(O)O. The van der Waals surface area contributed by atoms with Crippen LogP contribution < -0.4 is 14.8 Å².